The topological polar surface area (TPSA) is 58.5 Å². The van der Waals surface area contributed by atoms with Crippen LogP contribution in [0.5, 0.6) is 0 Å². The molecule has 0 aromatic carbocycles. The molecule has 0 aliphatic rings. The van der Waals surface area contributed by atoms with Crippen LogP contribution in [0.3, 0.4) is 0 Å². The number of thiazole rings is 1. The van der Waals surface area contributed by atoms with Crippen LogP contribution in [0.1, 0.15) is 50.2 Å². The van der Waals surface area contributed by atoms with E-state index in [1.165, 1.54) is 0 Å². The summed E-state index contributed by atoms with van der Waals surface area (Å²) in [6, 6.07) is 0. The zero-order chi connectivity index (χ0) is 15.5. The molecule has 0 fully saturated rings. The van der Waals surface area contributed by atoms with Crippen molar-refractivity contribution in [3.05, 3.63) is 16.1 Å². The van der Waals surface area contributed by atoms with E-state index in [2.05, 4.69) is 39.8 Å². The van der Waals surface area contributed by atoms with E-state index in [1.807, 2.05) is 6.92 Å². The van der Waals surface area contributed by atoms with Gasteiger partial charge in [0.1, 0.15) is 5.01 Å². The van der Waals surface area contributed by atoms with E-state index in [4.69, 9.17) is 4.74 Å². The predicted octanol–water partition coefficient (Wildman–Crippen LogP) is 2.75. The number of unbranched alkanes of at least 4 members (excludes halogenated alkanes) is 1. The lowest BCUT2D eigenvalue weighted by atomic mass is 10.2. The minimum absolute atomic E-state index is 0.484. The number of rotatable bonds is 9. The summed E-state index contributed by atoms with van der Waals surface area (Å²) >= 11 is 1.69. The first kappa shape index (κ1) is 17.9. The SMILES string of the molecule is CCOCCCCNC(=NC)NCc1nc(C(C)C)cs1. The van der Waals surface area contributed by atoms with Crippen LogP contribution in [0, 0.1) is 0 Å². The molecule has 1 rings (SSSR count). The summed E-state index contributed by atoms with van der Waals surface area (Å²) in [4.78, 5) is 8.82. The number of hydrogen-bond donors (Lipinski definition) is 2. The summed E-state index contributed by atoms with van der Waals surface area (Å²) in [6.07, 6.45) is 2.15. The third-order valence-corrected chi connectivity index (χ3v) is 3.87. The number of aromatic nitrogens is 1. The van der Waals surface area contributed by atoms with E-state index in [1.54, 1.807) is 18.4 Å². The summed E-state index contributed by atoms with van der Waals surface area (Å²) in [5.74, 6) is 1.31. The summed E-state index contributed by atoms with van der Waals surface area (Å²) < 4.78 is 5.31. The highest BCUT2D eigenvalue weighted by Crippen LogP contribution is 2.17. The van der Waals surface area contributed by atoms with E-state index in [9.17, 15) is 0 Å². The number of nitrogens with one attached hydrogen (secondary N) is 2. The van der Waals surface area contributed by atoms with Gasteiger partial charge in [-0.2, -0.15) is 0 Å². The number of guanidine groups is 1. The molecule has 0 unspecified atom stereocenters. The van der Waals surface area contributed by atoms with Crippen molar-refractivity contribution in [3.63, 3.8) is 0 Å². The molecule has 1 aromatic heterocycles. The summed E-state index contributed by atoms with van der Waals surface area (Å²) in [5.41, 5.74) is 1.16. The van der Waals surface area contributed by atoms with Gasteiger partial charge in [-0.3, -0.25) is 4.99 Å². The third-order valence-electron chi connectivity index (χ3n) is 3.00. The lowest BCUT2D eigenvalue weighted by Gasteiger charge is -2.10. The van der Waals surface area contributed by atoms with Crippen LogP contribution in [0.25, 0.3) is 0 Å². The van der Waals surface area contributed by atoms with Crippen molar-refractivity contribution in [3.8, 4) is 0 Å². The Kier molecular flexibility index (Phi) is 9.01. The van der Waals surface area contributed by atoms with Crippen LogP contribution >= 0.6 is 11.3 Å². The monoisotopic (exact) mass is 312 g/mol. The molecule has 1 aromatic rings. The Morgan fingerprint density at radius 1 is 1.38 bits per heavy atom. The Morgan fingerprint density at radius 3 is 2.81 bits per heavy atom. The van der Waals surface area contributed by atoms with Crippen LogP contribution in [0.15, 0.2) is 10.4 Å². The van der Waals surface area contributed by atoms with Crippen molar-refractivity contribution < 1.29 is 4.74 Å². The van der Waals surface area contributed by atoms with Gasteiger partial charge in [-0.15, -0.1) is 11.3 Å². The van der Waals surface area contributed by atoms with Gasteiger partial charge in [0.05, 0.1) is 12.2 Å². The quantitative estimate of drug-likeness (QED) is 0.418. The van der Waals surface area contributed by atoms with Crippen molar-refractivity contribution in [1.29, 1.82) is 0 Å². The maximum atomic E-state index is 5.31. The number of nitrogens with zero attached hydrogens (tertiary/aromatic N) is 2. The molecule has 5 nitrogen and oxygen atoms in total. The second-order valence-corrected chi connectivity index (χ2v) is 6.02. The molecule has 0 saturated heterocycles. The molecule has 21 heavy (non-hydrogen) atoms. The summed E-state index contributed by atoms with van der Waals surface area (Å²) in [6.45, 7) is 9.60. The molecule has 0 aliphatic carbocycles. The second kappa shape index (κ2) is 10.6. The minimum atomic E-state index is 0.484. The second-order valence-electron chi connectivity index (χ2n) is 5.08. The van der Waals surface area contributed by atoms with Crippen LogP contribution in [0.2, 0.25) is 0 Å². The standard InChI is InChI=1S/C15H28N4OS/c1-5-20-9-7-6-8-17-15(16-4)18-10-14-19-13(11-21-14)12(2)3/h11-12H,5-10H2,1-4H3,(H2,16,17,18). The molecule has 0 bridgehead atoms. The lowest BCUT2D eigenvalue weighted by Crippen LogP contribution is -2.37. The first-order valence-electron chi connectivity index (χ1n) is 7.64. The molecule has 0 radical (unpaired) electrons. The molecular weight excluding hydrogens is 284 g/mol. The summed E-state index contributed by atoms with van der Waals surface area (Å²) in [7, 11) is 1.79. The summed E-state index contributed by atoms with van der Waals surface area (Å²) in [5, 5.41) is 9.83. The van der Waals surface area contributed by atoms with Crippen LogP contribution in [0.4, 0.5) is 0 Å². The third kappa shape index (κ3) is 7.43. The molecule has 0 saturated carbocycles. The molecule has 0 amide bonds. The molecule has 2 N–H and O–H groups in total. The average molecular weight is 312 g/mol. The van der Waals surface area contributed by atoms with Crippen molar-refractivity contribution in [2.75, 3.05) is 26.8 Å². The van der Waals surface area contributed by atoms with Gasteiger partial charge in [0.2, 0.25) is 0 Å². The fourth-order valence-electron chi connectivity index (χ4n) is 1.73. The lowest BCUT2D eigenvalue weighted by molar-refractivity contribution is 0.143. The van der Waals surface area contributed by atoms with Crippen LogP contribution in [-0.4, -0.2) is 37.7 Å². The highest BCUT2D eigenvalue weighted by Gasteiger charge is 2.06. The minimum Gasteiger partial charge on any atom is -0.382 e. The van der Waals surface area contributed by atoms with E-state index in [-0.39, 0.29) is 0 Å². The first-order valence-corrected chi connectivity index (χ1v) is 8.51. The number of ether oxygens (including phenoxy) is 1. The molecular formula is C15H28N4OS. The Hall–Kier alpha value is -1.14. The number of hydrogen-bond acceptors (Lipinski definition) is 4. The van der Waals surface area contributed by atoms with Crippen LogP contribution < -0.4 is 10.6 Å². The smallest absolute Gasteiger partial charge is 0.191 e. The van der Waals surface area contributed by atoms with Gasteiger partial charge in [-0.1, -0.05) is 13.8 Å². The van der Waals surface area contributed by atoms with Gasteiger partial charge in [0.25, 0.3) is 0 Å². The van der Waals surface area contributed by atoms with Gasteiger partial charge in [-0.05, 0) is 25.7 Å². The van der Waals surface area contributed by atoms with Crippen molar-refractivity contribution >= 4 is 17.3 Å². The van der Waals surface area contributed by atoms with E-state index >= 15 is 0 Å². The Bertz CT molecular complexity index is 418. The van der Waals surface area contributed by atoms with E-state index in [0.29, 0.717) is 5.92 Å². The zero-order valence-electron chi connectivity index (χ0n) is 13.6. The maximum absolute atomic E-state index is 5.31. The molecule has 6 heteroatoms. The van der Waals surface area contributed by atoms with Crippen molar-refractivity contribution in [2.45, 2.75) is 46.1 Å². The fourth-order valence-corrected chi connectivity index (χ4v) is 2.63. The van der Waals surface area contributed by atoms with Gasteiger partial charge in [-0.25, -0.2) is 4.98 Å². The zero-order valence-corrected chi connectivity index (χ0v) is 14.4. The first-order chi connectivity index (χ1) is 10.2. The van der Waals surface area contributed by atoms with Crippen molar-refractivity contribution in [2.24, 2.45) is 4.99 Å². The predicted molar refractivity (Wildman–Crippen MR) is 90.1 cm³/mol. The van der Waals surface area contributed by atoms with E-state index < -0.39 is 0 Å². The van der Waals surface area contributed by atoms with Gasteiger partial charge in [0, 0.05) is 32.2 Å². The molecule has 0 spiro atoms. The highest BCUT2D eigenvalue weighted by molar-refractivity contribution is 7.09. The Morgan fingerprint density at radius 2 is 2.19 bits per heavy atom. The van der Waals surface area contributed by atoms with Gasteiger partial charge >= 0.3 is 0 Å². The number of aliphatic imine (C=N–C) groups is 1. The average Bonchev–Trinajstić information content (AvgIpc) is 2.95. The molecule has 0 atom stereocenters. The largest absolute Gasteiger partial charge is 0.382 e. The molecule has 1 heterocycles. The highest BCUT2D eigenvalue weighted by atomic mass is 32.1. The van der Waals surface area contributed by atoms with Gasteiger partial charge < -0.3 is 15.4 Å². The molecule has 120 valence electrons. The normalized spacial score (nSPS) is 12.0. The van der Waals surface area contributed by atoms with E-state index in [0.717, 1.165) is 55.8 Å². The van der Waals surface area contributed by atoms with Crippen molar-refractivity contribution in [1.82, 2.24) is 15.6 Å². The Balaban J connectivity index is 2.21. The molecule has 0 aliphatic heterocycles. The maximum Gasteiger partial charge on any atom is 0.191 e. The Labute approximate surface area is 132 Å². The van der Waals surface area contributed by atoms with Gasteiger partial charge in [0.15, 0.2) is 5.96 Å². The fraction of sp³-hybridized carbons (Fsp3) is 0.733. The van der Waals surface area contributed by atoms with Crippen LogP contribution in [-0.2, 0) is 11.3 Å².